The summed E-state index contributed by atoms with van der Waals surface area (Å²) in [4.78, 5) is 4.58. The summed E-state index contributed by atoms with van der Waals surface area (Å²) in [7, 11) is 0. The van der Waals surface area contributed by atoms with Crippen LogP contribution in [-0.2, 0) is 5.54 Å². The van der Waals surface area contributed by atoms with Gasteiger partial charge in [-0.2, -0.15) is 0 Å². The van der Waals surface area contributed by atoms with Crippen molar-refractivity contribution >= 4 is 11.3 Å². The molecule has 0 atom stereocenters. The van der Waals surface area contributed by atoms with Crippen molar-refractivity contribution in [2.75, 3.05) is 6.54 Å². The third-order valence-corrected chi connectivity index (χ3v) is 5.44. The van der Waals surface area contributed by atoms with Gasteiger partial charge in [-0.3, -0.25) is 0 Å². The van der Waals surface area contributed by atoms with Gasteiger partial charge in [-0.05, 0) is 43.7 Å². The normalized spacial score (nSPS) is 26.6. The van der Waals surface area contributed by atoms with Gasteiger partial charge >= 0.3 is 0 Å². The minimum absolute atomic E-state index is 0.119. The molecule has 0 aliphatic heterocycles. The molecule has 1 aliphatic carbocycles. The van der Waals surface area contributed by atoms with Crippen molar-refractivity contribution in [3.63, 3.8) is 0 Å². The Hall–Kier alpha value is -1.19. The highest BCUT2D eigenvalue weighted by molar-refractivity contribution is 7.09. The maximum atomic E-state index is 4.58. The van der Waals surface area contributed by atoms with Gasteiger partial charge in [0.05, 0.1) is 5.54 Å². The summed E-state index contributed by atoms with van der Waals surface area (Å²) in [6, 6.07) is 11.0. The van der Waals surface area contributed by atoms with Crippen LogP contribution in [-0.4, -0.2) is 11.5 Å². The van der Waals surface area contributed by atoms with Crippen LogP contribution in [0.25, 0.3) is 0 Å². The van der Waals surface area contributed by atoms with Gasteiger partial charge in [0.25, 0.3) is 0 Å². The van der Waals surface area contributed by atoms with Crippen molar-refractivity contribution in [3.05, 3.63) is 52.5 Å². The zero-order valence-corrected chi connectivity index (χ0v) is 12.8. The standard InChI is InChI=1S/C17H22N2S/c1-2-19-17(16-18-12-13-20-16)10-8-15(9-11-17)14-6-4-3-5-7-14/h3-7,12-13,15,19H,2,8-11H2,1H3. The van der Waals surface area contributed by atoms with Crippen LogP contribution in [0.5, 0.6) is 0 Å². The molecule has 3 heteroatoms. The Labute approximate surface area is 125 Å². The molecule has 1 N–H and O–H groups in total. The van der Waals surface area contributed by atoms with Gasteiger partial charge in [0.1, 0.15) is 5.01 Å². The third-order valence-electron chi connectivity index (χ3n) is 4.47. The summed E-state index contributed by atoms with van der Waals surface area (Å²) in [5, 5.41) is 7.08. The van der Waals surface area contributed by atoms with Gasteiger partial charge in [-0.1, -0.05) is 37.3 Å². The van der Waals surface area contributed by atoms with Crippen molar-refractivity contribution in [1.29, 1.82) is 0 Å². The number of benzene rings is 1. The second-order valence-corrected chi connectivity index (χ2v) is 6.53. The average molecular weight is 286 g/mol. The van der Waals surface area contributed by atoms with E-state index in [1.54, 1.807) is 11.3 Å². The monoisotopic (exact) mass is 286 g/mol. The molecule has 1 fully saturated rings. The van der Waals surface area contributed by atoms with E-state index in [1.807, 2.05) is 6.20 Å². The summed E-state index contributed by atoms with van der Waals surface area (Å²) in [6.07, 6.45) is 6.80. The van der Waals surface area contributed by atoms with E-state index >= 15 is 0 Å². The number of nitrogens with zero attached hydrogens (tertiary/aromatic N) is 1. The lowest BCUT2D eigenvalue weighted by Gasteiger charge is -2.39. The number of aromatic nitrogens is 1. The first kappa shape index (κ1) is 13.8. The van der Waals surface area contributed by atoms with E-state index in [9.17, 15) is 0 Å². The molecule has 3 rings (SSSR count). The van der Waals surface area contributed by atoms with E-state index in [4.69, 9.17) is 0 Å². The van der Waals surface area contributed by atoms with Gasteiger partial charge < -0.3 is 5.32 Å². The summed E-state index contributed by atoms with van der Waals surface area (Å²) >= 11 is 1.79. The maximum absolute atomic E-state index is 4.58. The molecule has 0 spiro atoms. The van der Waals surface area contributed by atoms with E-state index in [1.165, 1.54) is 36.3 Å². The molecule has 1 aliphatic rings. The second kappa shape index (κ2) is 6.06. The lowest BCUT2D eigenvalue weighted by molar-refractivity contribution is 0.220. The van der Waals surface area contributed by atoms with Gasteiger partial charge in [0.2, 0.25) is 0 Å². The van der Waals surface area contributed by atoms with E-state index in [0.717, 1.165) is 6.54 Å². The molecule has 0 radical (unpaired) electrons. The van der Waals surface area contributed by atoms with Gasteiger partial charge in [0.15, 0.2) is 0 Å². The molecule has 106 valence electrons. The van der Waals surface area contributed by atoms with Gasteiger partial charge in [-0.25, -0.2) is 4.98 Å². The summed E-state index contributed by atoms with van der Waals surface area (Å²) in [6.45, 7) is 3.20. The van der Waals surface area contributed by atoms with Gasteiger partial charge in [0, 0.05) is 11.6 Å². The molecule has 20 heavy (non-hydrogen) atoms. The van der Waals surface area contributed by atoms with Crippen LogP contribution in [0.1, 0.15) is 49.1 Å². The van der Waals surface area contributed by atoms with Crippen LogP contribution in [0, 0.1) is 0 Å². The van der Waals surface area contributed by atoms with Crippen LogP contribution in [0.2, 0.25) is 0 Å². The van der Waals surface area contributed by atoms with E-state index in [2.05, 4.69) is 52.9 Å². The molecule has 1 saturated carbocycles. The average Bonchev–Trinajstić information content (AvgIpc) is 3.04. The number of rotatable bonds is 4. The fourth-order valence-corrected chi connectivity index (χ4v) is 4.31. The molecule has 0 saturated heterocycles. The molecule has 0 amide bonds. The number of thiazole rings is 1. The molecule has 0 bridgehead atoms. The Morgan fingerprint density at radius 1 is 1.25 bits per heavy atom. The molecule has 1 heterocycles. The maximum Gasteiger partial charge on any atom is 0.113 e. The number of hydrogen-bond donors (Lipinski definition) is 1. The Morgan fingerprint density at radius 2 is 2.00 bits per heavy atom. The zero-order valence-electron chi connectivity index (χ0n) is 12.0. The fraction of sp³-hybridized carbons (Fsp3) is 0.471. The SMILES string of the molecule is CCNC1(c2nccs2)CCC(c2ccccc2)CC1. The van der Waals surface area contributed by atoms with Gasteiger partial charge in [-0.15, -0.1) is 11.3 Å². The Bertz CT molecular complexity index is 513. The van der Waals surface area contributed by atoms with Crippen molar-refractivity contribution in [1.82, 2.24) is 10.3 Å². The molecule has 0 unspecified atom stereocenters. The largest absolute Gasteiger partial charge is 0.306 e. The van der Waals surface area contributed by atoms with Crippen LogP contribution >= 0.6 is 11.3 Å². The van der Waals surface area contributed by atoms with Crippen LogP contribution in [0.4, 0.5) is 0 Å². The minimum Gasteiger partial charge on any atom is -0.306 e. The summed E-state index contributed by atoms with van der Waals surface area (Å²) in [5.74, 6) is 0.711. The third kappa shape index (κ3) is 2.65. The van der Waals surface area contributed by atoms with E-state index in [0.29, 0.717) is 5.92 Å². The fourth-order valence-electron chi connectivity index (χ4n) is 3.43. The highest BCUT2D eigenvalue weighted by Crippen LogP contribution is 2.43. The first-order chi connectivity index (χ1) is 9.84. The quantitative estimate of drug-likeness (QED) is 0.906. The highest BCUT2D eigenvalue weighted by atomic mass is 32.1. The predicted molar refractivity (Wildman–Crippen MR) is 85.1 cm³/mol. The lowest BCUT2D eigenvalue weighted by Crippen LogP contribution is -2.44. The summed E-state index contributed by atoms with van der Waals surface area (Å²) < 4.78 is 0. The molecule has 1 aromatic heterocycles. The first-order valence-corrected chi connectivity index (χ1v) is 8.42. The first-order valence-electron chi connectivity index (χ1n) is 7.54. The highest BCUT2D eigenvalue weighted by Gasteiger charge is 2.38. The zero-order chi connectivity index (χ0) is 13.8. The minimum atomic E-state index is 0.119. The number of nitrogens with one attached hydrogen (secondary N) is 1. The van der Waals surface area contributed by atoms with E-state index in [-0.39, 0.29) is 5.54 Å². The molecular weight excluding hydrogens is 264 g/mol. The molecule has 1 aromatic carbocycles. The van der Waals surface area contributed by atoms with E-state index < -0.39 is 0 Å². The molecular formula is C17H22N2S. The molecule has 2 nitrogen and oxygen atoms in total. The topological polar surface area (TPSA) is 24.9 Å². The van der Waals surface area contributed by atoms with Crippen molar-refractivity contribution in [3.8, 4) is 0 Å². The Balaban J connectivity index is 1.75. The Morgan fingerprint density at radius 3 is 2.60 bits per heavy atom. The van der Waals surface area contributed by atoms with Crippen molar-refractivity contribution in [2.24, 2.45) is 0 Å². The van der Waals surface area contributed by atoms with Crippen LogP contribution in [0.3, 0.4) is 0 Å². The molecule has 2 aromatic rings. The van der Waals surface area contributed by atoms with Crippen LogP contribution < -0.4 is 5.32 Å². The van der Waals surface area contributed by atoms with Crippen molar-refractivity contribution in [2.45, 2.75) is 44.1 Å². The van der Waals surface area contributed by atoms with Crippen molar-refractivity contribution < 1.29 is 0 Å². The van der Waals surface area contributed by atoms with Crippen LogP contribution in [0.15, 0.2) is 41.9 Å². The smallest absolute Gasteiger partial charge is 0.113 e. The number of hydrogen-bond acceptors (Lipinski definition) is 3. The summed E-state index contributed by atoms with van der Waals surface area (Å²) in [5.41, 5.74) is 1.62. The predicted octanol–water partition coefficient (Wildman–Crippen LogP) is 4.31. The lowest BCUT2D eigenvalue weighted by atomic mass is 9.74. The second-order valence-electron chi connectivity index (χ2n) is 5.63. The Kier molecular flexibility index (Phi) is 4.18.